The van der Waals surface area contributed by atoms with Crippen molar-refractivity contribution in [3.63, 3.8) is 0 Å². The zero-order valence-electron chi connectivity index (χ0n) is 20.5. The van der Waals surface area contributed by atoms with Gasteiger partial charge in [-0.25, -0.2) is 0 Å². The zero-order valence-corrected chi connectivity index (χ0v) is 20.5. The summed E-state index contributed by atoms with van der Waals surface area (Å²) in [6.45, 7) is 5.21. The molecule has 0 N–H and O–H groups in total. The average Bonchev–Trinajstić information content (AvgIpc) is 3.48. The molecule has 1 aliphatic carbocycles. The Morgan fingerprint density at radius 2 is 1.82 bits per heavy atom. The molecule has 0 bridgehead atoms. The molecule has 2 fully saturated rings. The topological polar surface area (TPSA) is 59.1 Å². The maximum atomic E-state index is 13.5. The van der Waals surface area contributed by atoms with E-state index in [4.69, 9.17) is 9.47 Å². The van der Waals surface area contributed by atoms with Crippen LogP contribution in [0.4, 0.5) is 0 Å². The summed E-state index contributed by atoms with van der Waals surface area (Å²) in [4.78, 5) is 30.0. The molecule has 1 saturated heterocycles. The van der Waals surface area contributed by atoms with Crippen molar-refractivity contribution in [2.75, 3.05) is 20.2 Å². The highest BCUT2D eigenvalue weighted by atomic mass is 16.5. The molecule has 1 saturated carbocycles. The van der Waals surface area contributed by atoms with E-state index in [1.165, 1.54) is 0 Å². The third-order valence-corrected chi connectivity index (χ3v) is 6.84. The van der Waals surface area contributed by atoms with Crippen molar-refractivity contribution in [3.05, 3.63) is 59.7 Å². The van der Waals surface area contributed by atoms with Crippen molar-refractivity contribution in [3.8, 4) is 11.5 Å². The second-order valence-corrected chi connectivity index (χ2v) is 9.70. The molecule has 2 aromatic carbocycles. The minimum atomic E-state index is 0.0236. The van der Waals surface area contributed by atoms with Crippen LogP contribution in [0.15, 0.2) is 48.5 Å². The lowest BCUT2D eigenvalue weighted by atomic mass is 9.99. The Morgan fingerprint density at radius 1 is 1.09 bits per heavy atom. The van der Waals surface area contributed by atoms with Gasteiger partial charge in [-0.15, -0.1) is 0 Å². The molecule has 1 atom stereocenters. The lowest BCUT2D eigenvalue weighted by molar-refractivity contribution is -0.140. The quantitative estimate of drug-likeness (QED) is 0.536. The Balaban J connectivity index is 1.48. The van der Waals surface area contributed by atoms with E-state index in [0.29, 0.717) is 31.0 Å². The summed E-state index contributed by atoms with van der Waals surface area (Å²) in [7, 11) is 1.63. The second kappa shape index (κ2) is 10.9. The van der Waals surface area contributed by atoms with E-state index in [1.54, 1.807) is 12.0 Å². The number of likely N-dealkylation sites (tertiary alicyclic amines) is 1. The Hall–Kier alpha value is -3.02. The first-order valence-electron chi connectivity index (χ1n) is 12.4. The number of hydrogen-bond acceptors (Lipinski definition) is 4. The van der Waals surface area contributed by atoms with Crippen molar-refractivity contribution in [2.45, 2.75) is 70.6 Å². The third kappa shape index (κ3) is 5.72. The van der Waals surface area contributed by atoms with Crippen molar-refractivity contribution in [1.82, 2.24) is 9.80 Å². The summed E-state index contributed by atoms with van der Waals surface area (Å²) in [5.74, 6) is 1.61. The Bertz CT molecular complexity index is 985. The van der Waals surface area contributed by atoms with Crippen LogP contribution < -0.4 is 9.47 Å². The summed E-state index contributed by atoms with van der Waals surface area (Å²) < 4.78 is 11.4. The molecule has 1 aliphatic heterocycles. The van der Waals surface area contributed by atoms with E-state index >= 15 is 0 Å². The summed E-state index contributed by atoms with van der Waals surface area (Å²) in [6, 6.07) is 16.2. The molecular formula is C28H36N2O4. The van der Waals surface area contributed by atoms with Crippen LogP contribution in [-0.2, 0) is 16.1 Å². The lowest BCUT2D eigenvalue weighted by Crippen LogP contribution is -2.44. The summed E-state index contributed by atoms with van der Waals surface area (Å²) in [6.07, 6.45) is 4.79. The van der Waals surface area contributed by atoms with Crippen LogP contribution in [-0.4, -0.2) is 54.0 Å². The van der Waals surface area contributed by atoms with Gasteiger partial charge in [0.1, 0.15) is 0 Å². The van der Waals surface area contributed by atoms with Crippen LogP contribution in [0.25, 0.3) is 0 Å². The number of nitrogens with zero attached hydrogens (tertiary/aromatic N) is 2. The number of carbonyl (C=O) groups excluding carboxylic acids is 2. The minimum absolute atomic E-state index is 0.0236. The predicted molar refractivity (Wildman–Crippen MR) is 132 cm³/mol. The largest absolute Gasteiger partial charge is 0.493 e. The van der Waals surface area contributed by atoms with E-state index in [1.807, 2.05) is 55.1 Å². The molecule has 2 amide bonds. The fourth-order valence-electron chi connectivity index (χ4n) is 5.13. The van der Waals surface area contributed by atoms with Gasteiger partial charge >= 0.3 is 0 Å². The number of rotatable bonds is 9. The van der Waals surface area contributed by atoms with Gasteiger partial charge in [-0.2, -0.15) is 0 Å². The summed E-state index contributed by atoms with van der Waals surface area (Å²) >= 11 is 0. The van der Waals surface area contributed by atoms with Gasteiger partial charge in [-0.05, 0) is 49.9 Å². The van der Waals surface area contributed by atoms with Gasteiger partial charge in [0.15, 0.2) is 11.5 Å². The molecule has 1 unspecified atom stereocenters. The monoisotopic (exact) mass is 464 g/mol. The highest BCUT2D eigenvalue weighted by molar-refractivity contribution is 5.87. The van der Waals surface area contributed by atoms with Gasteiger partial charge in [-0.1, -0.05) is 49.2 Å². The van der Waals surface area contributed by atoms with E-state index in [9.17, 15) is 9.59 Å². The van der Waals surface area contributed by atoms with Gasteiger partial charge in [0.05, 0.1) is 19.8 Å². The van der Waals surface area contributed by atoms with Crippen molar-refractivity contribution in [2.24, 2.45) is 0 Å². The van der Waals surface area contributed by atoms with Crippen molar-refractivity contribution < 1.29 is 19.1 Å². The maximum Gasteiger partial charge on any atom is 0.242 e. The smallest absolute Gasteiger partial charge is 0.242 e. The summed E-state index contributed by atoms with van der Waals surface area (Å²) in [5, 5.41) is 0. The first-order valence-corrected chi connectivity index (χ1v) is 12.4. The van der Waals surface area contributed by atoms with Gasteiger partial charge in [0.2, 0.25) is 11.8 Å². The number of benzene rings is 2. The molecule has 6 nitrogen and oxygen atoms in total. The van der Waals surface area contributed by atoms with E-state index in [-0.39, 0.29) is 36.4 Å². The first-order chi connectivity index (χ1) is 16.4. The predicted octanol–water partition coefficient (Wildman–Crippen LogP) is 4.77. The molecule has 2 aromatic rings. The van der Waals surface area contributed by atoms with Crippen LogP contribution in [0.2, 0.25) is 0 Å². The molecule has 6 heteroatoms. The fraction of sp³-hybridized carbons (Fsp3) is 0.500. The first kappa shape index (κ1) is 24.1. The van der Waals surface area contributed by atoms with Crippen LogP contribution >= 0.6 is 0 Å². The number of amides is 2. The van der Waals surface area contributed by atoms with Crippen LogP contribution in [0.1, 0.15) is 63.0 Å². The minimum Gasteiger partial charge on any atom is -0.493 e. The molecule has 2 aliphatic rings. The van der Waals surface area contributed by atoms with Gasteiger partial charge in [0.25, 0.3) is 0 Å². The third-order valence-electron chi connectivity index (χ3n) is 6.84. The Morgan fingerprint density at radius 3 is 2.50 bits per heavy atom. The Kier molecular flexibility index (Phi) is 7.76. The highest BCUT2D eigenvalue weighted by Gasteiger charge is 2.34. The molecule has 4 rings (SSSR count). The fourth-order valence-corrected chi connectivity index (χ4v) is 5.13. The van der Waals surface area contributed by atoms with Gasteiger partial charge in [0, 0.05) is 31.5 Å². The molecule has 0 aromatic heterocycles. The SMILES string of the molecule is COc1ccc(CN(C(=O)CN2CC(c3ccccc3)CC2=O)C2CCCC2)cc1OC(C)C. The normalized spacial score (nSPS) is 18.5. The second-order valence-electron chi connectivity index (χ2n) is 9.70. The summed E-state index contributed by atoms with van der Waals surface area (Å²) in [5.41, 5.74) is 2.17. The molecule has 34 heavy (non-hydrogen) atoms. The standard InChI is InChI=1S/C28H36N2O4/c1-20(2)34-26-15-21(13-14-25(26)33-3)17-30(24-11-7-8-12-24)28(32)19-29-18-23(16-27(29)31)22-9-5-4-6-10-22/h4-6,9-10,13-15,20,23-24H,7-8,11-12,16-19H2,1-3H3. The molecule has 1 heterocycles. The van der Waals surface area contributed by atoms with E-state index < -0.39 is 0 Å². The molecule has 0 spiro atoms. The molecule has 182 valence electrons. The van der Waals surface area contributed by atoms with Gasteiger partial charge < -0.3 is 19.3 Å². The van der Waals surface area contributed by atoms with E-state index in [2.05, 4.69) is 12.1 Å². The molecule has 0 radical (unpaired) electrons. The number of hydrogen-bond donors (Lipinski definition) is 0. The average molecular weight is 465 g/mol. The van der Waals surface area contributed by atoms with Crippen LogP contribution in [0, 0.1) is 0 Å². The highest BCUT2D eigenvalue weighted by Crippen LogP contribution is 2.32. The maximum absolute atomic E-state index is 13.5. The van der Waals surface area contributed by atoms with Crippen LogP contribution in [0.5, 0.6) is 11.5 Å². The van der Waals surface area contributed by atoms with Crippen LogP contribution in [0.3, 0.4) is 0 Å². The molecular weight excluding hydrogens is 428 g/mol. The zero-order chi connectivity index (χ0) is 24.1. The van der Waals surface area contributed by atoms with E-state index in [0.717, 1.165) is 36.8 Å². The lowest BCUT2D eigenvalue weighted by Gasteiger charge is -2.31. The number of carbonyl (C=O) groups is 2. The van der Waals surface area contributed by atoms with Gasteiger partial charge in [-0.3, -0.25) is 9.59 Å². The number of methoxy groups -OCH3 is 1. The Labute approximate surface area is 202 Å². The van der Waals surface area contributed by atoms with Crippen molar-refractivity contribution >= 4 is 11.8 Å². The van der Waals surface area contributed by atoms with Crippen molar-refractivity contribution in [1.29, 1.82) is 0 Å². The number of ether oxygens (including phenoxy) is 2.